The van der Waals surface area contributed by atoms with Gasteiger partial charge in [0, 0.05) is 18.6 Å². The van der Waals surface area contributed by atoms with Crippen molar-refractivity contribution in [2.75, 3.05) is 13.6 Å². The summed E-state index contributed by atoms with van der Waals surface area (Å²) >= 11 is 0. The Labute approximate surface area is 113 Å². The van der Waals surface area contributed by atoms with Crippen molar-refractivity contribution >= 4 is 0 Å². The standard InChI is InChI=1S/C16H32N2/c1-13-8-6-7-11-16(13)18(2)12-14-9-4-3-5-10-15(14)17/h13-16H,3-12,17H2,1-2H3. The van der Waals surface area contributed by atoms with Crippen LogP contribution in [0.15, 0.2) is 0 Å². The smallest absolute Gasteiger partial charge is 0.0118 e. The monoisotopic (exact) mass is 252 g/mol. The molecule has 0 radical (unpaired) electrons. The molecule has 0 aromatic heterocycles. The maximum Gasteiger partial charge on any atom is 0.0118 e. The van der Waals surface area contributed by atoms with Gasteiger partial charge in [-0.2, -0.15) is 0 Å². The summed E-state index contributed by atoms with van der Waals surface area (Å²) in [5.41, 5.74) is 6.36. The van der Waals surface area contributed by atoms with E-state index in [2.05, 4.69) is 18.9 Å². The summed E-state index contributed by atoms with van der Waals surface area (Å²) in [6, 6.07) is 1.27. The SMILES string of the molecule is CC1CCCCC1N(C)CC1CCCCCC1N. The average Bonchev–Trinajstić information content (AvgIpc) is 2.55. The fourth-order valence-corrected chi connectivity index (χ4v) is 4.10. The summed E-state index contributed by atoms with van der Waals surface area (Å²) in [5.74, 6) is 1.62. The Bertz CT molecular complexity index is 241. The fraction of sp³-hybridized carbons (Fsp3) is 1.00. The van der Waals surface area contributed by atoms with E-state index in [0.29, 0.717) is 6.04 Å². The van der Waals surface area contributed by atoms with Crippen LogP contribution in [0, 0.1) is 11.8 Å². The largest absolute Gasteiger partial charge is 0.327 e. The topological polar surface area (TPSA) is 29.3 Å². The summed E-state index contributed by atoms with van der Waals surface area (Å²) < 4.78 is 0. The van der Waals surface area contributed by atoms with Crippen molar-refractivity contribution < 1.29 is 0 Å². The molecule has 0 aromatic rings. The van der Waals surface area contributed by atoms with Crippen LogP contribution in [0.4, 0.5) is 0 Å². The molecule has 0 aliphatic heterocycles. The molecule has 106 valence electrons. The van der Waals surface area contributed by atoms with Crippen LogP contribution in [0.2, 0.25) is 0 Å². The zero-order chi connectivity index (χ0) is 13.0. The van der Waals surface area contributed by atoms with Gasteiger partial charge >= 0.3 is 0 Å². The van der Waals surface area contributed by atoms with Gasteiger partial charge in [0.25, 0.3) is 0 Å². The van der Waals surface area contributed by atoms with Crippen LogP contribution in [0.25, 0.3) is 0 Å². The molecule has 18 heavy (non-hydrogen) atoms. The van der Waals surface area contributed by atoms with E-state index in [1.165, 1.54) is 64.3 Å². The first-order valence-corrected chi connectivity index (χ1v) is 8.14. The van der Waals surface area contributed by atoms with E-state index in [0.717, 1.165) is 17.9 Å². The van der Waals surface area contributed by atoms with Gasteiger partial charge in [0.05, 0.1) is 0 Å². The van der Waals surface area contributed by atoms with Gasteiger partial charge in [0.2, 0.25) is 0 Å². The van der Waals surface area contributed by atoms with Gasteiger partial charge < -0.3 is 10.6 Å². The lowest BCUT2D eigenvalue weighted by molar-refractivity contribution is 0.113. The number of hydrogen-bond donors (Lipinski definition) is 1. The van der Waals surface area contributed by atoms with Crippen molar-refractivity contribution in [2.45, 2.75) is 76.8 Å². The Hall–Kier alpha value is -0.0800. The van der Waals surface area contributed by atoms with Crippen LogP contribution < -0.4 is 5.73 Å². The number of nitrogens with zero attached hydrogens (tertiary/aromatic N) is 1. The predicted octanol–water partition coefficient (Wildman–Crippen LogP) is 3.40. The summed E-state index contributed by atoms with van der Waals surface area (Å²) in [4.78, 5) is 2.64. The quantitative estimate of drug-likeness (QED) is 0.780. The zero-order valence-corrected chi connectivity index (χ0v) is 12.4. The van der Waals surface area contributed by atoms with Crippen LogP contribution in [-0.2, 0) is 0 Å². The van der Waals surface area contributed by atoms with Gasteiger partial charge in [-0.3, -0.25) is 0 Å². The minimum Gasteiger partial charge on any atom is -0.327 e. The molecule has 2 saturated carbocycles. The first kappa shape index (κ1) is 14.3. The van der Waals surface area contributed by atoms with Crippen LogP contribution in [0.1, 0.15) is 64.7 Å². The van der Waals surface area contributed by atoms with Crippen molar-refractivity contribution in [1.82, 2.24) is 4.90 Å². The molecule has 2 fully saturated rings. The summed E-state index contributed by atoms with van der Waals surface area (Å²) in [7, 11) is 2.34. The number of rotatable bonds is 3. The van der Waals surface area contributed by atoms with Gasteiger partial charge in [-0.1, -0.05) is 39.0 Å². The molecular weight excluding hydrogens is 220 g/mol. The Balaban J connectivity index is 1.86. The zero-order valence-electron chi connectivity index (χ0n) is 12.4. The fourth-order valence-electron chi connectivity index (χ4n) is 4.10. The molecule has 2 heteroatoms. The van der Waals surface area contributed by atoms with Crippen molar-refractivity contribution in [3.63, 3.8) is 0 Å². The first-order valence-electron chi connectivity index (χ1n) is 8.14. The molecule has 2 nitrogen and oxygen atoms in total. The van der Waals surface area contributed by atoms with Gasteiger partial charge in [-0.05, 0) is 44.6 Å². The third kappa shape index (κ3) is 3.71. The average molecular weight is 252 g/mol. The molecule has 0 heterocycles. The van der Waals surface area contributed by atoms with Crippen LogP contribution >= 0.6 is 0 Å². The van der Waals surface area contributed by atoms with Crippen molar-refractivity contribution in [3.8, 4) is 0 Å². The van der Waals surface area contributed by atoms with E-state index in [1.54, 1.807) is 0 Å². The van der Waals surface area contributed by atoms with E-state index in [4.69, 9.17) is 5.73 Å². The molecule has 0 bridgehead atoms. The molecule has 0 aromatic carbocycles. The molecule has 2 N–H and O–H groups in total. The van der Waals surface area contributed by atoms with Crippen LogP contribution in [-0.4, -0.2) is 30.6 Å². The second-order valence-corrected chi connectivity index (χ2v) is 6.83. The normalized spacial score (nSPS) is 38.7. The second kappa shape index (κ2) is 6.91. The molecule has 2 aliphatic carbocycles. The van der Waals surface area contributed by atoms with E-state index in [-0.39, 0.29) is 0 Å². The highest BCUT2D eigenvalue weighted by Crippen LogP contribution is 2.29. The Kier molecular flexibility index (Phi) is 5.50. The Morgan fingerprint density at radius 2 is 1.61 bits per heavy atom. The highest BCUT2D eigenvalue weighted by Gasteiger charge is 2.28. The third-order valence-corrected chi connectivity index (χ3v) is 5.37. The van der Waals surface area contributed by atoms with E-state index in [1.807, 2.05) is 0 Å². The summed E-state index contributed by atoms with van der Waals surface area (Å²) in [5, 5.41) is 0. The van der Waals surface area contributed by atoms with Gasteiger partial charge in [-0.25, -0.2) is 0 Å². The predicted molar refractivity (Wildman–Crippen MR) is 78.6 cm³/mol. The lowest BCUT2D eigenvalue weighted by Gasteiger charge is -2.38. The molecule has 0 amide bonds. The van der Waals surface area contributed by atoms with Gasteiger partial charge in [0.1, 0.15) is 0 Å². The van der Waals surface area contributed by atoms with Gasteiger partial charge in [-0.15, -0.1) is 0 Å². The molecule has 4 atom stereocenters. The summed E-state index contributed by atoms with van der Waals surface area (Å²) in [6.07, 6.45) is 12.4. The second-order valence-electron chi connectivity index (χ2n) is 6.83. The van der Waals surface area contributed by atoms with Gasteiger partial charge in [0.15, 0.2) is 0 Å². The molecule has 2 aliphatic rings. The maximum atomic E-state index is 6.36. The van der Waals surface area contributed by atoms with Crippen LogP contribution in [0.5, 0.6) is 0 Å². The van der Waals surface area contributed by atoms with Crippen LogP contribution in [0.3, 0.4) is 0 Å². The molecule has 0 saturated heterocycles. The van der Waals surface area contributed by atoms with Crippen molar-refractivity contribution in [1.29, 1.82) is 0 Å². The van der Waals surface area contributed by atoms with E-state index >= 15 is 0 Å². The highest BCUT2D eigenvalue weighted by atomic mass is 15.1. The minimum absolute atomic E-state index is 0.453. The molecule has 0 spiro atoms. The highest BCUT2D eigenvalue weighted by molar-refractivity contribution is 4.84. The Morgan fingerprint density at radius 1 is 0.944 bits per heavy atom. The van der Waals surface area contributed by atoms with E-state index < -0.39 is 0 Å². The van der Waals surface area contributed by atoms with Crippen molar-refractivity contribution in [2.24, 2.45) is 17.6 Å². The van der Waals surface area contributed by atoms with E-state index in [9.17, 15) is 0 Å². The first-order chi connectivity index (χ1) is 8.68. The Morgan fingerprint density at radius 3 is 2.39 bits per heavy atom. The lowest BCUT2D eigenvalue weighted by Crippen LogP contribution is -2.44. The molecular formula is C16H32N2. The third-order valence-electron chi connectivity index (χ3n) is 5.37. The maximum absolute atomic E-state index is 6.36. The van der Waals surface area contributed by atoms with Crippen molar-refractivity contribution in [3.05, 3.63) is 0 Å². The molecule has 4 unspecified atom stereocenters. The summed E-state index contributed by atoms with van der Waals surface area (Å²) in [6.45, 7) is 3.67. The molecule has 2 rings (SSSR count). The number of hydrogen-bond acceptors (Lipinski definition) is 2. The minimum atomic E-state index is 0.453. The lowest BCUT2D eigenvalue weighted by atomic mass is 9.84. The number of nitrogens with two attached hydrogens (primary N) is 1.